The molecule has 1 aromatic carbocycles. The number of hydrogen-bond donors (Lipinski definition) is 2. The van der Waals surface area contributed by atoms with Crippen LogP contribution < -0.4 is 10.1 Å². The largest absolute Gasteiger partial charge is 0.494 e. The molecular formula is C16H21NO4. The van der Waals surface area contributed by atoms with Gasteiger partial charge in [0.1, 0.15) is 5.75 Å². The molecule has 0 aliphatic heterocycles. The lowest BCUT2D eigenvalue weighted by Gasteiger charge is -2.11. The number of amides is 1. The van der Waals surface area contributed by atoms with Gasteiger partial charge < -0.3 is 15.2 Å². The van der Waals surface area contributed by atoms with Crippen molar-refractivity contribution in [1.82, 2.24) is 5.32 Å². The third-order valence-corrected chi connectivity index (χ3v) is 3.78. The third kappa shape index (κ3) is 4.77. The van der Waals surface area contributed by atoms with Gasteiger partial charge in [0.25, 0.3) is 0 Å². The number of carboxylic acids is 1. The Bertz CT molecular complexity index is 474. The number of rotatable bonds is 7. The maximum Gasteiger partial charge on any atom is 0.306 e. The van der Waals surface area contributed by atoms with Gasteiger partial charge in [-0.05, 0) is 37.8 Å². The first-order valence-electron chi connectivity index (χ1n) is 7.35. The second-order valence-corrected chi connectivity index (χ2v) is 5.35. The highest BCUT2D eigenvalue weighted by molar-refractivity contribution is 5.80. The first-order chi connectivity index (χ1) is 10.2. The van der Waals surface area contributed by atoms with E-state index in [4.69, 9.17) is 9.84 Å². The van der Waals surface area contributed by atoms with Gasteiger partial charge in [-0.25, -0.2) is 0 Å². The Labute approximate surface area is 124 Å². The topological polar surface area (TPSA) is 75.6 Å². The molecule has 0 saturated heterocycles. The highest BCUT2D eigenvalue weighted by atomic mass is 16.5. The summed E-state index contributed by atoms with van der Waals surface area (Å²) in [4.78, 5) is 22.8. The molecule has 2 atom stereocenters. The van der Waals surface area contributed by atoms with Crippen LogP contribution in [0.1, 0.15) is 25.7 Å². The molecule has 1 aromatic rings. The Morgan fingerprint density at radius 2 is 1.90 bits per heavy atom. The van der Waals surface area contributed by atoms with Crippen LogP contribution in [0.3, 0.4) is 0 Å². The summed E-state index contributed by atoms with van der Waals surface area (Å²) in [6, 6.07) is 9.54. The van der Waals surface area contributed by atoms with Crippen LogP contribution in [0.4, 0.5) is 0 Å². The maximum atomic E-state index is 11.9. The zero-order valence-corrected chi connectivity index (χ0v) is 12.0. The minimum atomic E-state index is -0.790. The Hall–Kier alpha value is -2.04. The van der Waals surface area contributed by atoms with Crippen LogP contribution in [0.15, 0.2) is 30.3 Å². The van der Waals surface area contributed by atoms with Crippen LogP contribution in [0.25, 0.3) is 0 Å². The van der Waals surface area contributed by atoms with E-state index < -0.39 is 5.97 Å². The predicted octanol–water partition coefficient (Wildman–Crippen LogP) is 2.07. The number of nitrogens with one attached hydrogen (secondary N) is 1. The van der Waals surface area contributed by atoms with Gasteiger partial charge in [-0.3, -0.25) is 9.59 Å². The number of carbonyl (C=O) groups is 2. The van der Waals surface area contributed by atoms with Gasteiger partial charge in [0.05, 0.1) is 12.5 Å². The van der Waals surface area contributed by atoms with Gasteiger partial charge in [0.2, 0.25) is 5.91 Å². The molecule has 5 nitrogen and oxygen atoms in total. The maximum absolute atomic E-state index is 11.9. The van der Waals surface area contributed by atoms with Gasteiger partial charge in [-0.15, -0.1) is 0 Å². The Kier molecular flexibility index (Phi) is 5.60. The van der Waals surface area contributed by atoms with Crippen molar-refractivity contribution in [3.05, 3.63) is 30.3 Å². The molecule has 0 bridgehead atoms. The van der Waals surface area contributed by atoms with Crippen molar-refractivity contribution in [3.63, 3.8) is 0 Å². The van der Waals surface area contributed by atoms with Gasteiger partial charge in [0, 0.05) is 12.5 Å². The number of benzene rings is 1. The number of hydrogen-bond acceptors (Lipinski definition) is 3. The molecule has 0 radical (unpaired) electrons. The van der Waals surface area contributed by atoms with E-state index in [0.29, 0.717) is 32.4 Å². The zero-order valence-electron chi connectivity index (χ0n) is 12.0. The minimum Gasteiger partial charge on any atom is -0.494 e. The fourth-order valence-electron chi connectivity index (χ4n) is 2.58. The van der Waals surface area contributed by atoms with E-state index >= 15 is 0 Å². The summed E-state index contributed by atoms with van der Waals surface area (Å²) in [7, 11) is 0. The summed E-state index contributed by atoms with van der Waals surface area (Å²) >= 11 is 0. The molecular weight excluding hydrogens is 270 g/mol. The molecule has 1 aliphatic rings. The summed E-state index contributed by atoms with van der Waals surface area (Å²) in [5.41, 5.74) is 0. The molecule has 0 unspecified atom stereocenters. The first-order valence-corrected chi connectivity index (χ1v) is 7.35. The van der Waals surface area contributed by atoms with Gasteiger partial charge in [-0.1, -0.05) is 18.2 Å². The average molecular weight is 291 g/mol. The van der Waals surface area contributed by atoms with E-state index in [2.05, 4.69) is 5.32 Å². The Balaban J connectivity index is 1.59. The molecule has 21 heavy (non-hydrogen) atoms. The van der Waals surface area contributed by atoms with Crippen LogP contribution in [-0.2, 0) is 9.59 Å². The van der Waals surface area contributed by atoms with E-state index in [1.165, 1.54) is 0 Å². The Morgan fingerprint density at radius 1 is 1.19 bits per heavy atom. The van der Waals surface area contributed by atoms with Crippen molar-refractivity contribution in [1.29, 1.82) is 0 Å². The highest BCUT2D eigenvalue weighted by Gasteiger charge is 2.33. The minimum absolute atomic E-state index is 0.0292. The van der Waals surface area contributed by atoms with Crippen molar-refractivity contribution >= 4 is 11.9 Å². The van der Waals surface area contributed by atoms with Crippen LogP contribution >= 0.6 is 0 Å². The summed E-state index contributed by atoms with van der Waals surface area (Å²) in [5.74, 6) is -0.507. The smallest absolute Gasteiger partial charge is 0.306 e. The van der Waals surface area contributed by atoms with Crippen LogP contribution in [0, 0.1) is 11.8 Å². The lowest BCUT2D eigenvalue weighted by atomic mass is 10.0. The van der Waals surface area contributed by atoms with E-state index in [-0.39, 0.29) is 17.7 Å². The van der Waals surface area contributed by atoms with Crippen molar-refractivity contribution in [2.45, 2.75) is 25.7 Å². The monoisotopic (exact) mass is 291 g/mol. The fourth-order valence-corrected chi connectivity index (χ4v) is 2.58. The van der Waals surface area contributed by atoms with Crippen molar-refractivity contribution < 1.29 is 19.4 Å². The molecule has 1 aliphatic carbocycles. The Morgan fingerprint density at radius 3 is 2.57 bits per heavy atom. The van der Waals surface area contributed by atoms with E-state index in [9.17, 15) is 9.59 Å². The summed E-state index contributed by atoms with van der Waals surface area (Å²) in [6.07, 6.45) is 2.46. The SMILES string of the molecule is O=C(O)[C@@H]1CC[C@H](C(=O)NCCCOc2ccccc2)C1. The number of para-hydroxylation sites is 1. The molecule has 2 rings (SSSR count). The number of aliphatic carboxylic acids is 1. The molecule has 0 aromatic heterocycles. The van der Waals surface area contributed by atoms with Gasteiger partial charge in [-0.2, -0.15) is 0 Å². The summed E-state index contributed by atoms with van der Waals surface area (Å²) in [5, 5.41) is 11.8. The molecule has 114 valence electrons. The quantitative estimate of drug-likeness (QED) is 0.754. The standard InChI is InChI=1S/C16H21NO4/c18-15(12-7-8-13(11-12)16(19)20)17-9-4-10-21-14-5-2-1-3-6-14/h1-3,5-6,12-13H,4,7-11H2,(H,17,18)(H,19,20)/t12-,13+/m0/s1. The van der Waals surface area contributed by atoms with Crippen molar-refractivity contribution in [2.24, 2.45) is 11.8 Å². The van der Waals surface area contributed by atoms with Gasteiger partial charge >= 0.3 is 5.97 Å². The number of carboxylic acid groups (broad SMARTS) is 1. The van der Waals surface area contributed by atoms with Gasteiger partial charge in [0.15, 0.2) is 0 Å². The lowest BCUT2D eigenvalue weighted by Crippen LogP contribution is -2.31. The third-order valence-electron chi connectivity index (χ3n) is 3.78. The number of ether oxygens (including phenoxy) is 1. The second-order valence-electron chi connectivity index (χ2n) is 5.35. The highest BCUT2D eigenvalue weighted by Crippen LogP contribution is 2.31. The fraction of sp³-hybridized carbons (Fsp3) is 0.500. The predicted molar refractivity (Wildman–Crippen MR) is 78.0 cm³/mol. The lowest BCUT2D eigenvalue weighted by molar-refractivity contribution is -0.141. The van der Waals surface area contributed by atoms with E-state index in [1.54, 1.807) is 0 Å². The molecule has 0 heterocycles. The van der Waals surface area contributed by atoms with Crippen molar-refractivity contribution in [3.8, 4) is 5.75 Å². The van der Waals surface area contributed by atoms with Crippen LogP contribution in [-0.4, -0.2) is 30.1 Å². The molecule has 0 spiro atoms. The number of carbonyl (C=O) groups excluding carboxylic acids is 1. The molecule has 1 amide bonds. The molecule has 1 saturated carbocycles. The summed E-state index contributed by atoms with van der Waals surface area (Å²) < 4.78 is 5.53. The van der Waals surface area contributed by atoms with Crippen molar-refractivity contribution in [2.75, 3.05) is 13.2 Å². The first kappa shape index (κ1) is 15.4. The summed E-state index contributed by atoms with van der Waals surface area (Å²) in [6.45, 7) is 1.10. The normalized spacial score (nSPS) is 21.0. The zero-order chi connectivity index (χ0) is 15.1. The molecule has 2 N–H and O–H groups in total. The van der Waals surface area contributed by atoms with Crippen LogP contribution in [0.5, 0.6) is 5.75 Å². The average Bonchev–Trinajstić information content (AvgIpc) is 2.98. The van der Waals surface area contributed by atoms with Crippen LogP contribution in [0.2, 0.25) is 0 Å². The van der Waals surface area contributed by atoms with E-state index in [1.807, 2.05) is 30.3 Å². The molecule has 1 fully saturated rings. The van der Waals surface area contributed by atoms with E-state index in [0.717, 1.165) is 12.2 Å². The molecule has 5 heteroatoms. The second kappa shape index (κ2) is 7.67.